The van der Waals surface area contributed by atoms with Crippen LogP contribution in [-0.4, -0.2) is 37.2 Å². The Kier molecular flexibility index (Phi) is 54.2. The third kappa shape index (κ3) is 53.1. The first-order valence-corrected chi connectivity index (χ1v) is 29.7. The maximum Gasteiger partial charge on any atom is 0.306 e. The minimum Gasteiger partial charge on any atom is -0.462 e. The summed E-state index contributed by atoms with van der Waals surface area (Å²) in [6, 6.07) is 0. The smallest absolute Gasteiger partial charge is 0.306 e. The molecule has 0 heterocycles. The van der Waals surface area contributed by atoms with Gasteiger partial charge >= 0.3 is 17.9 Å². The second-order valence-corrected chi connectivity index (χ2v) is 20.3. The van der Waals surface area contributed by atoms with E-state index in [4.69, 9.17) is 14.2 Å². The van der Waals surface area contributed by atoms with Gasteiger partial charge in [0.1, 0.15) is 13.2 Å². The summed E-state index contributed by atoms with van der Waals surface area (Å²) < 4.78 is 16.9. The molecule has 0 unspecified atom stereocenters. The van der Waals surface area contributed by atoms with Crippen molar-refractivity contribution in [1.82, 2.24) is 0 Å². The zero-order valence-electron chi connectivity index (χ0n) is 44.7. The Labute approximate surface area is 411 Å². The number of carbonyl (C=O) groups is 3. The van der Waals surface area contributed by atoms with Gasteiger partial charge in [0, 0.05) is 19.3 Å². The molecule has 0 aromatic carbocycles. The zero-order valence-corrected chi connectivity index (χ0v) is 44.7. The van der Waals surface area contributed by atoms with Gasteiger partial charge in [-0.3, -0.25) is 14.4 Å². The number of ether oxygens (including phenoxy) is 3. The highest BCUT2D eigenvalue weighted by atomic mass is 16.6. The van der Waals surface area contributed by atoms with Gasteiger partial charge in [0.25, 0.3) is 0 Å². The first-order chi connectivity index (χ1) is 32.5. The summed E-state index contributed by atoms with van der Waals surface area (Å²) in [6.07, 6.45) is 63.5. The fraction of sp³-hybridized carbons (Fsp3) is 0.917. The number of hydrogen-bond acceptors (Lipinski definition) is 6. The summed E-state index contributed by atoms with van der Waals surface area (Å²) in [7, 11) is 0. The SMILES string of the molecule is CCCCCC/C=C\CCCCCCCC(=O)OC[C@H](COC(=O)CCCCCCCCCCCCCCCCCCCC)OC(=O)CCCCCCCCCCCCCCCCCCC. The van der Waals surface area contributed by atoms with Gasteiger partial charge in [0.05, 0.1) is 0 Å². The van der Waals surface area contributed by atoms with E-state index in [0.717, 1.165) is 64.2 Å². The molecule has 390 valence electrons. The van der Waals surface area contributed by atoms with Crippen LogP contribution in [0.3, 0.4) is 0 Å². The molecule has 0 saturated carbocycles. The van der Waals surface area contributed by atoms with Crippen LogP contribution < -0.4 is 0 Å². The lowest BCUT2D eigenvalue weighted by molar-refractivity contribution is -0.167. The molecule has 0 radical (unpaired) electrons. The van der Waals surface area contributed by atoms with Crippen LogP contribution in [0.4, 0.5) is 0 Å². The van der Waals surface area contributed by atoms with Crippen LogP contribution >= 0.6 is 0 Å². The molecule has 0 aliphatic heterocycles. The zero-order chi connectivity index (χ0) is 47.9. The van der Waals surface area contributed by atoms with Crippen LogP contribution in [0.25, 0.3) is 0 Å². The van der Waals surface area contributed by atoms with E-state index in [0.29, 0.717) is 19.3 Å². The normalized spacial score (nSPS) is 12.0. The summed E-state index contributed by atoms with van der Waals surface area (Å²) in [5.41, 5.74) is 0. The van der Waals surface area contributed by atoms with Crippen molar-refractivity contribution >= 4 is 17.9 Å². The number of carbonyl (C=O) groups excluding carboxylic acids is 3. The minimum absolute atomic E-state index is 0.0663. The van der Waals surface area contributed by atoms with Crippen LogP contribution in [-0.2, 0) is 28.6 Å². The Morgan fingerprint density at radius 2 is 0.500 bits per heavy atom. The molecule has 0 aromatic rings. The van der Waals surface area contributed by atoms with Crippen molar-refractivity contribution in [2.45, 2.75) is 341 Å². The van der Waals surface area contributed by atoms with Crippen molar-refractivity contribution < 1.29 is 28.6 Å². The first kappa shape index (κ1) is 64.2. The summed E-state index contributed by atoms with van der Waals surface area (Å²) in [5.74, 6) is -0.849. The molecule has 6 heteroatoms. The Hall–Kier alpha value is -1.85. The molecule has 0 rings (SSSR count). The largest absolute Gasteiger partial charge is 0.462 e. The van der Waals surface area contributed by atoms with Crippen LogP contribution in [0.15, 0.2) is 12.2 Å². The maximum absolute atomic E-state index is 12.9. The van der Waals surface area contributed by atoms with Gasteiger partial charge in [-0.05, 0) is 44.9 Å². The maximum atomic E-state index is 12.9. The van der Waals surface area contributed by atoms with Crippen molar-refractivity contribution in [3.05, 3.63) is 12.2 Å². The lowest BCUT2D eigenvalue weighted by Crippen LogP contribution is -2.30. The molecule has 0 spiro atoms. The molecule has 0 N–H and O–H groups in total. The topological polar surface area (TPSA) is 78.9 Å². The van der Waals surface area contributed by atoms with Crippen LogP contribution in [0.1, 0.15) is 335 Å². The van der Waals surface area contributed by atoms with Crippen molar-refractivity contribution in [3.8, 4) is 0 Å². The van der Waals surface area contributed by atoms with Crippen LogP contribution in [0.2, 0.25) is 0 Å². The van der Waals surface area contributed by atoms with Crippen molar-refractivity contribution in [3.63, 3.8) is 0 Å². The van der Waals surface area contributed by atoms with Gasteiger partial charge in [-0.2, -0.15) is 0 Å². The van der Waals surface area contributed by atoms with Crippen molar-refractivity contribution in [2.75, 3.05) is 13.2 Å². The number of hydrogen-bond donors (Lipinski definition) is 0. The van der Waals surface area contributed by atoms with Gasteiger partial charge in [0.2, 0.25) is 0 Å². The van der Waals surface area contributed by atoms with E-state index in [1.807, 2.05) is 0 Å². The van der Waals surface area contributed by atoms with Crippen LogP contribution in [0.5, 0.6) is 0 Å². The van der Waals surface area contributed by atoms with E-state index in [2.05, 4.69) is 32.9 Å². The molecule has 0 bridgehead atoms. The fourth-order valence-corrected chi connectivity index (χ4v) is 9.03. The molecule has 0 amide bonds. The third-order valence-electron chi connectivity index (χ3n) is 13.5. The monoisotopic (exact) mass is 931 g/mol. The minimum atomic E-state index is -0.767. The molecule has 0 aromatic heterocycles. The number of esters is 3. The van der Waals surface area contributed by atoms with E-state index >= 15 is 0 Å². The second-order valence-electron chi connectivity index (χ2n) is 20.3. The van der Waals surface area contributed by atoms with E-state index in [9.17, 15) is 14.4 Å². The summed E-state index contributed by atoms with van der Waals surface area (Å²) in [4.78, 5) is 38.2. The Balaban J connectivity index is 4.29. The molecule has 1 atom stereocenters. The van der Waals surface area contributed by atoms with Gasteiger partial charge in [0.15, 0.2) is 6.10 Å². The molecule has 0 saturated heterocycles. The fourth-order valence-electron chi connectivity index (χ4n) is 9.03. The average molecular weight is 932 g/mol. The highest BCUT2D eigenvalue weighted by Crippen LogP contribution is 2.17. The quantitative estimate of drug-likeness (QED) is 0.0262. The van der Waals surface area contributed by atoms with E-state index in [1.165, 1.54) is 231 Å². The van der Waals surface area contributed by atoms with Crippen LogP contribution in [0, 0.1) is 0 Å². The molecule has 66 heavy (non-hydrogen) atoms. The molecule has 0 aliphatic carbocycles. The first-order valence-electron chi connectivity index (χ1n) is 29.7. The van der Waals surface area contributed by atoms with E-state index < -0.39 is 6.10 Å². The van der Waals surface area contributed by atoms with Crippen molar-refractivity contribution in [1.29, 1.82) is 0 Å². The third-order valence-corrected chi connectivity index (χ3v) is 13.5. The molecule has 6 nitrogen and oxygen atoms in total. The van der Waals surface area contributed by atoms with Crippen molar-refractivity contribution in [2.24, 2.45) is 0 Å². The number of unbranched alkanes of at least 4 members (excludes halogenated alkanes) is 42. The number of allylic oxidation sites excluding steroid dienone is 2. The summed E-state index contributed by atoms with van der Waals surface area (Å²) >= 11 is 0. The van der Waals surface area contributed by atoms with Gasteiger partial charge in [-0.15, -0.1) is 0 Å². The average Bonchev–Trinajstić information content (AvgIpc) is 3.31. The lowest BCUT2D eigenvalue weighted by Gasteiger charge is -2.18. The molecular formula is C60H114O6. The summed E-state index contributed by atoms with van der Waals surface area (Å²) in [5, 5.41) is 0. The number of rotatable bonds is 55. The molecule has 0 aliphatic rings. The van der Waals surface area contributed by atoms with Gasteiger partial charge in [-0.25, -0.2) is 0 Å². The predicted octanol–water partition coefficient (Wildman–Crippen LogP) is 19.7. The Morgan fingerprint density at radius 1 is 0.288 bits per heavy atom. The Bertz CT molecular complexity index is 1020. The molecule has 0 fully saturated rings. The highest BCUT2D eigenvalue weighted by Gasteiger charge is 2.19. The standard InChI is InChI=1S/C60H114O6/c1-4-7-10-13-16-19-22-25-27-29-31-32-35-38-41-44-47-50-53-59(62)65-56-57(55-64-58(61)52-49-46-43-40-37-34-24-21-18-15-12-9-6-3)66-60(63)54-51-48-45-42-39-36-33-30-28-26-23-20-17-14-11-8-5-2/h21,24,57H,4-20,22-23,25-56H2,1-3H3/b24-21-/t57-/m1/s1. The Morgan fingerprint density at radius 3 is 0.773 bits per heavy atom. The van der Waals surface area contributed by atoms with Gasteiger partial charge in [-0.1, -0.05) is 283 Å². The predicted molar refractivity (Wildman–Crippen MR) is 284 cm³/mol. The second kappa shape index (κ2) is 55.7. The molecular weight excluding hydrogens is 817 g/mol. The van der Waals surface area contributed by atoms with E-state index in [-0.39, 0.29) is 31.1 Å². The summed E-state index contributed by atoms with van der Waals surface area (Å²) in [6.45, 7) is 6.68. The van der Waals surface area contributed by atoms with Gasteiger partial charge < -0.3 is 14.2 Å². The lowest BCUT2D eigenvalue weighted by atomic mass is 10.0. The van der Waals surface area contributed by atoms with E-state index in [1.54, 1.807) is 0 Å². The highest BCUT2D eigenvalue weighted by molar-refractivity contribution is 5.71.